The van der Waals surface area contributed by atoms with E-state index in [1.807, 2.05) is 6.92 Å². The first-order valence-electron chi connectivity index (χ1n) is 6.08. The first kappa shape index (κ1) is 17.5. The summed E-state index contributed by atoms with van der Waals surface area (Å²) in [7, 11) is -3.95. The molecule has 0 heterocycles. The van der Waals surface area contributed by atoms with Crippen LogP contribution in [0.25, 0.3) is 0 Å². The van der Waals surface area contributed by atoms with E-state index in [1.165, 1.54) is 12.1 Å². The maximum Gasteiger partial charge on any atom is 0.243 e. The highest BCUT2D eigenvalue weighted by atomic mass is 79.9. The van der Waals surface area contributed by atoms with Crippen LogP contribution >= 0.6 is 15.9 Å². The summed E-state index contributed by atoms with van der Waals surface area (Å²) in [4.78, 5) is -0.479. The third-order valence-electron chi connectivity index (χ3n) is 2.50. The molecule has 0 aliphatic heterocycles. The van der Waals surface area contributed by atoms with E-state index in [0.717, 1.165) is 0 Å². The van der Waals surface area contributed by atoms with Crippen LogP contribution in [-0.4, -0.2) is 33.3 Å². The molecule has 0 bridgehead atoms. The molecular weight excluding hydrogens is 353 g/mol. The molecule has 0 amide bonds. The summed E-state index contributed by atoms with van der Waals surface area (Å²) in [5.74, 6) is -0.937. The van der Waals surface area contributed by atoms with Crippen LogP contribution in [-0.2, 0) is 21.4 Å². The topological polar surface area (TPSA) is 75.6 Å². The predicted molar refractivity (Wildman–Crippen MR) is 76.3 cm³/mol. The normalized spacial score (nSPS) is 11.8. The zero-order chi connectivity index (χ0) is 15.2. The lowest BCUT2D eigenvalue weighted by molar-refractivity contribution is 0.146. The second-order valence-electron chi connectivity index (χ2n) is 3.98. The molecule has 114 valence electrons. The van der Waals surface area contributed by atoms with Gasteiger partial charge in [0, 0.05) is 29.8 Å². The molecular formula is C12H17BrFNO4S. The number of nitrogens with one attached hydrogen (secondary N) is 1. The Morgan fingerprint density at radius 1 is 1.45 bits per heavy atom. The number of ether oxygens (including phenoxy) is 1. The van der Waals surface area contributed by atoms with Crippen molar-refractivity contribution in [1.29, 1.82) is 0 Å². The van der Waals surface area contributed by atoms with Crippen molar-refractivity contribution in [3.8, 4) is 0 Å². The molecule has 1 aromatic rings. The van der Waals surface area contributed by atoms with Crippen molar-refractivity contribution in [2.24, 2.45) is 0 Å². The first-order valence-corrected chi connectivity index (χ1v) is 8.36. The van der Waals surface area contributed by atoms with Crippen LogP contribution in [0.3, 0.4) is 0 Å². The predicted octanol–water partition coefficient (Wildman–Crippen LogP) is 1.79. The lowest BCUT2D eigenvalue weighted by Gasteiger charge is -2.10. The second-order valence-corrected chi connectivity index (χ2v) is 6.63. The van der Waals surface area contributed by atoms with Crippen molar-refractivity contribution in [2.45, 2.75) is 24.8 Å². The summed E-state index contributed by atoms with van der Waals surface area (Å²) in [6, 6.07) is 2.50. The van der Waals surface area contributed by atoms with Crippen LogP contribution in [0.1, 0.15) is 18.9 Å². The Morgan fingerprint density at radius 3 is 2.75 bits per heavy atom. The van der Waals surface area contributed by atoms with Gasteiger partial charge in [-0.2, -0.15) is 0 Å². The minimum absolute atomic E-state index is 0.0749. The summed E-state index contributed by atoms with van der Waals surface area (Å²) in [6.45, 7) is 2.42. The van der Waals surface area contributed by atoms with Crippen molar-refractivity contribution in [3.05, 3.63) is 28.0 Å². The number of hydrogen-bond donors (Lipinski definition) is 2. The Bertz CT molecular complexity index is 551. The molecule has 0 aromatic heterocycles. The number of benzene rings is 1. The van der Waals surface area contributed by atoms with Gasteiger partial charge < -0.3 is 9.84 Å². The third kappa shape index (κ3) is 4.78. The highest BCUT2D eigenvalue weighted by molar-refractivity contribution is 9.10. The number of aliphatic hydroxyl groups is 1. The molecule has 1 rings (SSSR count). The van der Waals surface area contributed by atoms with Crippen LogP contribution in [0.15, 0.2) is 21.5 Å². The molecule has 8 heteroatoms. The Hall–Kier alpha value is -0.540. The van der Waals surface area contributed by atoms with Gasteiger partial charge in [0.25, 0.3) is 0 Å². The SMILES string of the molecule is CCOCCCNS(=O)(=O)c1cc(Br)cc(CO)c1F. The number of hydrogen-bond acceptors (Lipinski definition) is 4. The zero-order valence-corrected chi connectivity index (χ0v) is 13.4. The standard InChI is InChI=1S/C12H17BrFNO4S/c1-2-19-5-3-4-15-20(17,18)11-7-10(13)6-9(8-16)12(11)14/h6-7,15-16H,2-5,8H2,1H3. The minimum atomic E-state index is -3.95. The smallest absolute Gasteiger partial charge is 0.243 e. The van der Waals surface area contributed by atoms with Gasteiger partial charge in [-0.3, -0.25) is 0 Å². The Balaban J connectivity index is 2.84. The maximum atomic E-state index is 14.0. The van der Waals surface area contributed by atoms with E-state index in [-0.39, 0.29) is 12.1 Å². The fourth-order valence-corrected chi connectivity index (χ4v) is 3.41. The van der Waals surface area contributed by atoms with Gasteiger partial charge in [-0.05, 0) is 25.5 Å². The number of aliphatic hydroxyl groups excluding tert-OH is 1. The lowest BCUT2D eigenvalue weighted by Crippen LogP contribution is -2.26. The molecule has 2 N–H and O–H groups in total. The van der Waals surface area contributed by atoms with Crippen LogP contribution in [0.4, 0.5) is 4.39 Å². The molecule has 0 atom stereocenters. The van der Waals surface area contributed by atoms with Gasteiger partial charge in [-0.15, -0.1) is 0 Å². The van der Waals surface area contributed by atoms with Gasteiger partial charge in [0.2, 0.25) is 10.0 Å². The minimum Gasteiger partial charge on any atom is -0.392 e. The number of halogens is 2. The van der Waals surface area contributed by atoms with Crippen molar-refractivity contribution in [1.82, 2.24) is 4.72 Å². The van der Waals surface area contributed by atoms with E-state index in [1.54, 1.807) is 0 Å². The van der Waals surface area contributed by atoms with Crippen LogP contribution in [0.5, 0.6) is 0 Å². The van der Waals surface area contributed by atoms with E-state index in [9.17, 15) is 12.8 Å². The van der Waals surface area contributed by atoms with Crippen molar-refractivity contribution < 1.29 is 22.7 Å². The van der Waals surface area contributed by atoms with Crippen molar-refractivity contribution >= 4 is 26.0 Å². The van der Waals surface area contributed by atoms with Crippen LogP contribution < -0.4 is 4.72 Å². The van der Waals surface area contributed by atoms with Crippen molar-refractivity contribution in [3.63, 3.8) is 0 Å². The highest BCUT2D eigenvalue weighted by Crippen LogP contribution is 2.24. The number of sulfonamides is 1. The van der Waals surface area contributed by atoms with E-state index in [0.29, 0.717) is 24.1 Å². The molecule has 0 aliphatic rings. The average molecular weight is 370 g/mol. The Kier molecular flexibility index (Phi) is 7.04. The molecule has 20 heavy (non-hydrogen) atoms. The lowest BCUT2D eigenvalue weighted by atomic mass is 10.2. The van der Waals surface area contributed by atoms with E-state index in [2.05, 4.69) is 20.7 Å². The molecule has 1 aromatic carbocycles. The fraction of sp³-hybridized carbons (Fsp3) is 0.500. The molecule has 0 spiro atoms. The van der Waals surface area contributed by atoms with Crippen LogP contribution in [0, 0.1) is 5.82 Å². The van der Waals surface area contributed by atoms with E-state index < -0.39 is 27.3 Å². The first-order chi connectivity index (χ1) is 9.42. The summed E-state index contributed by atoms with van der Waals surface area (Å²) in [6.07, 6.45) is 0.496. The van der Waals surface area contributed by atoms with Crippen LogP contribution in [0.2, 0.25) is 0 Å². The Labute approximate surface area is 126 Å². The molecule has 0 saturated heterocycles. The maximum absolute atomic E-state index is 14.0. The van der Waals surface area contributed by atoms with Gasteiger partial charge in [-0.25, -0.2) is 17.5 Å². The summed E-state index contributed by atoms with van der Waals surface area (Å²) in [5.41, 5.74) is -0.0749. The van der Waals surface area contributed by atoms with E-state index >= 15 is 0 Å². The zero-order valence-electron chi connectivity index (χ0n) is 11.0. The Morgan fingerprint density at radius 2 is 2.15 bits per heavy atom. The second kappa shape index (κ2) is 8.04. The van der Waals surface area contributed by atoms with Gasteiger partial charge in [0.05, 0.1) is 6.61 Å². The van der Waals surface area contributed by atoms with E-state index in [4.69, 9.17) is 9.84 Å². The molecule has 0 radical (unpaired) electrons. The van der Waals surface area contributed by atoms with Gasteiger partial charge in [-0.1, -0.05) is 15.9 Å². The highest BCUT2D eigenvalue weighted by Gasteiger charge is 2.21. The summed E-state index contributed by atoms with van der Waals surface area (Å²) >= 11 is 3.09. The van der Waals surface area contributed by atoms with Crippen molar-refractivity contribution in [2.75, 3.05) is 19.8 Å². The largest absolute Gasteiger partial charge is 0.392 e. The summed E-state index contributed by atoms with van der Waals surface area (Å²) in [5, 5.41) is 9.01. The molecule has 0 unspecified atom stereocenters. The van der Waals surface area contributed by atoms with Gasteiger partial charge in [0.15, 0.2) is 0 Å². The molecule has 0 fully saturated rings. The summed E-state index contributed by atoms with van der Waals surface area (Å²) < 4.78 is 45.8. The molecule has 5 nitrogen and oxygen atoms in total. The van der Waals surface area contributed by atoms with Gasteiger partial charge in [0.1, 0.15) is 10.7 Å². The molecule has 0 saturated carbocycles. The monoisotopic (exact) mass is 369 g/mol. The number of rotatable bonds is 8. The van der Waals surface area contributed by atoms with Gasteiger partial charge >= 0.3 is 0 Å². The third-order valence-corrected chi connectivity index (χ3v) is 4.42. The average Bonchev–Trinajstić information content (AvgIpc) is 2.40. The fourth-order valence-electron chi connectivity index (χ4n) is 1.53. The molecule has 0 aliphatic carbocycles. The quantitative estimate of drug-likeness (QED) is 0.685.